The molecule has 0 aliphatic heterocycles. The maximum atomic E-state index is 12.5. The Morgan fingerprint density at radius 1 is 1.44 bits per heavy atom. The first-order valence-electron chi connectivity index (χ1n) is 4.36. The van der Waals surface area contributed by atoms with Crippen molar-refractivity contribution < 1.29 is 31.9 Å². The molecule has 1 aromatic rings. The molecule has 0 aliphatic rings. The molecule has 0 aliphatic carbocycles. The van der Waals surface area contributed by atoms with Crippen molar-refractivity contribution in [2.45, 2.75) is 18.5 Å². The van der Waals surface area contributed by atoms with E-state index in [0.717, 1.165) is 0 Å². The molecule has 0 unspecified atom stereocenters. The van der Waals surface area contributed by atoms with Crippen LogP contribution in [0.5, 0.6) is 0 Å². The molecule has 0 fully saturated rings. The quantitative estimate of drug-likeness (QED) is 0.684. The van der Waals surface area contributed by atoms with Gasteiger partial charge in [0.25, 0.3) is 6.43 Å². The predicted molar refractivity (Wildman–Crippen MR) is 50.7 cm³/mol. The van der Waals surface area contributed by atoms with Gasteiger partial charge in [-0.2, -0.15) is 13.2 Å². The molecule has 0 amide bonds. The molecular weight excluding hydrogens is 285 g/mol. The van der Waals surface area contributed by atoms with E-state index < -0.39 is 46.8 Å². The number of carboxylic acid groups (broad SMARTS) is 1. The van der Waals surface area contributed by atoms with Crippen LogP contribution in [0.25, 0.3) is 0 Å². The van der Waals surface area contributed by atoms with Gasteiger partial charge in [0.2, 0.25) is 0 Å². The van der Waals surface area contributed by atoms with Crippen LogP contribution in [-0.4, -0.2) is 16.1 Å². The number of aromatic carboxylic acids is 1. The molecule has 9 heteroatoms. The van der Waals surface area contributed by atoms with Gasteiger partial charge >= 0.3 is 12.1 Å². The molecule has 1 N–H and O–H groups in total. The summed E-state index contributed by atoms with van der Waals surface area (Å²) in [7, 11) is 0. The van der Waals surface area contributed by atoms with Crippen molar-refractivity contribution in [1.29, 1.82) is 0 Å². The van der Waals surface area contributed by atoms with E-state index in [1.54, 1.807) is 0 Å². The summed E-state index contributed by atoms with van der Waals surface area (Å²) >= 11 is 5.26. The van der Waals surface area contributed by atoms with Gasteiger partial charge in [0.05, 0.1) is 5.56 Å². The van der Waals surface area contributed by atoms with E-state index in [1.807, 2.05) is 0 Å². The van der Waals surface area contributed by atoms with Crippen molar-refractivity contribution in [3.63, 3.8) is 0 Å². The molecule has 1 heterocycles. The van der Waals surface area contributed by atoms with Gasteiger partial charge in [-0.1, -0.05) is 0 Å². The van der Waals surface area contributed by atoms with Crippen molar-refractivity contribution in [3.05, 3.63) is 28.6 Å². The Labute approximate surface area is 102 Å². The maximum absolute atomic E-state index is 12.5. The highest BCUT2D eigenvalue weighted by Crippen LogP contribution is 2.35. The van der Waals surface area contributed by atoms with E-state index in [2.05, 4.69) is 4.98 Å². The minimum absolute atomic E-state index is 0.289. The van der Waals surface area contributed by atoms with Gasteiger partial charge in [-0.25, -0.2) is 13.6 Å². The van der Waals surface area contributed by atoms with Crippen LogP contribution in [0.3, 0.4) is 0 Å². The lowest BCUT2D eigenvalue weighted by molar-refractivity contribution is -0.141. The second-order valence-electron chi connectivity index (χ2n) is 3.15. The Hall–Kier alpha value is -1.44. The Bertz CT molecular complexity index is 475. The first-order valence-corrected chi connectivity index (χ1v) is 4.90. The highest BCUT2D eigenvalue weighted by molar-refractivity contribution is 6.17. The van der Waals surface area contributed by atoms with E-state index in [-0.39, 0.29) is 6.20 Å². The SMILES string of the molecule is O=C(O)c1c(C(F)(F)F)ncc(C(F)F)c1CCl. The summed E-state index contributed by atoms with van der Waals surface area (Å²) in [6.45, 7) is 0. The lowest BCUT2D eigenvalue weighted by Gasteiger charge is -2.15. The Morgan fingerprint density at radius 3 is 2.33 bits per heavy atom. The minimum atomic E-state index is -5.06. The number of hydrogen-bond acceptors (Lipinski definition) is 2. The molecule has 0 bridgehead atoms. The van der Waals surface area contributed by atoms with E-state index in [1.165, 1.54) is 0 Å². The fraction of sp³-hybridized carbons (Fsp3) is 0.333. The smallest absolute Gasteiger partial charge is 0.434 e. The van der Waals surface area contributed by atoms with E-state index >= 15 is 0 Å². The molecule has 18 heavy (non-hydrogen) atoms. The third-order valence-electron chi connectivity index (χ3n) is 2.07. The van der Waals surface area contributed by atoms with Crippen LogP contribution in [0.15, 0.2) is 6.20 Å². The van der Waals surface area contributed by atoms with Gasteiger partial charge in [-0.15, -0.1) is 11.6 Å². The van der Waals surface area contributed by atoms with Gasteiger partial charge < -0.3 is 5.11 Å². The number of nitrogens with zero attached hydrogens (tertiary/aromatic N) is 1. The molecule has 0 atom stereocenters. The van der Waals surface area contributed by atoms with Crippen LogP contribution in [0, 0.1) is 0 Å². The number of carbonyl (C=O) groups is 1. The van der Waals surface area contributed by atoms with Crippen LogP contribution in [0.2, 0.25) is 0 Å². The van der Waals surface area contributed by atoms with Gasteiger partial charge in [0.1, 0.15) is 0 Å². The fourth-order valence-corrected chi connectivity index (χ4v) is 1.63. The summed E-state index contributed by atoms with van der Waals surface area (Å²) in [5.74, 6) is -2.79. The molecule has 0 aromatic carbocycles. The molecule has 1 aromatic heterocycles. The van der Waals surface area contributed by atoms with Crippen LogP contribution in [-0.2, 0) is 12.1 Å². The summed E-state index contributed by atoms with van der Waals surface area (Å²) in [4.78, 5) is 13.5. The molecule has 1 rings (SSSR count). The van der Waals surface area contributed by atoms with Crippen LogP contribution in [0.1, 0.15) is 33.6 Å². The third-order valence-corrected chi connectivity index (χ3v) is 2.34. The van der Waals surface area contributed by atoms with Crippen LogP contribution >= 0.6 is 11.6 Å². The average molecular weight is 290 g/mol. The Kier molecular flexibility index (Phi) is 4.10. The van der Waals surface area contributed by atoms with Crippen molar-refractivity contribution in [2.75, 3.05) is 0 Å². The average Bonchev–Trinajstić information content (AvgIpc) is 2.25. The van der Waals surface area contributed by atoms with Crippen LogP contribution in [0.4, 0.5) is 22.0 Å². The highest BCUT2D eigenvalue weighted by atomic mass is 35.5. The number of alkyl halides is 6. The van der Waals surface area contributed by atoms with E-state index in [9.17, 15) is 26.7 Å². The summed E-state index contributed by atoms with van der Waals surface area (Å²) in [5, 5.41) is 8.70. The zero-order valence-electron chi connectivity index (χ0n) is 8.43. The number of halogens is 6. The first-order chi connectivity index (χ1) is 8.20. The molecule has 0 spiro atoms. The zero-order valence-corrected chi connectivity index (χ0v) is 9.19. The van der Waals surface area contributed by atoms with Gasteiger partial charge in [-0.3, -0.25) is 4.98 Å². The largest absolute Gasteiger partial charge is 0.478 e. The molecule has 100 valence electrons. The van der Waals surface area contributed by atoms with Crippen molar-refractivity contribution >= 4 is 17.6 Å². The van der Waals surface area contributed by atoms with Crippen molar-refractivity contribution in [2.24, 2.45) is 0 Å². The maximum Gasteiger partial charge on any atom is 0.434 e. The first kappa shape index (κ1) is 14.6. The second kappa shape index (κ2) is 5.05. The van der Waals surface area contributed by atoms with E-state index in [4.69, 9.17) is 16.7 Å². The summed E-state index contributed by atoms with van der Waals surface area (Å²) in [6, 6.07) is 0. The lowest BCUT2D eigenvalue weighted by Crippen LogP contribution is -2.19. The summed E-state index contributed by atoms with van der Waals surface area (Å²) in [5.41, 5.74) is -4.78. The second-order valence-corrected chi connectivity index (χ2v) is 3.42. The fourth-order valence-electron chi connectivity index (χ4n) is 1.34. The zero-order chi connectivity index (χ0) is 14.1. The number of rotatable bonds is 3. The molecule has 0 radical (unpaired) electrons. The lowest BCUT2D eigenvalue weighted by atomic mass is 10.0. The van der Waals surface area contributed by atoms with Gasteiger partial charge in [0.15, 0.2) is 5.69 Å². The Morgan fingerprint density at radius 2 is 2.00 bits per heavy atom. The third kappa shape index (κ3) is 2.69. The summed E-state index contributed by atoms with van der Waals surface area (Å²) < 4.78 is 62.5. The highest BCUT2D eigenvalue weighted by Gasteiger charge is 2.39. The standard InChI is InChI=1S/C9H5ClF5NO2/c10-1-3-4(7(11)12)2-16-6(9(13,14)15)5(3)8(17)18/h2,7H,1H2,(H,17,18). The minimum Gasteiger partial charge on any atom is -0.478 e. The number of pyridine rings is 1. The van der Waals surface area contributed by atoms with E-state index in [0.29, 0.717) is 0 Å². The summed E-state index contributed by atoms with van der Waals surface area (Å²) in [6.07, 6.45) is -7.93. The topological polar surface area (TPSA) is 50.2 Å². The molecule has 0 saturated carbocycles. The van der Waals surface area contributed by atoms with Gasteiger partial charge in [-0.05, 0) is 5.56 Å². The van der Waals surface area contributed by atoms with Crippen LogP contribution < -0.4 is 0 Å². The normalized spacial score (nSPS) is 11.9. The number of carboxylic acids is 1. The molecule has 3 nitrogen and oxygen atoms in total. The number of aromatic nitrogens is 1. The Balaban J connectivity index is 3.64. The van der Waals surface area contributed by atoms with Gasteiger partial charge in [0, 0.05) is 17.6 Å². The number of hydrogen-bond donors (Lipinski definition) is 1. The monoisotopic (exact) mass is 289 g/mol. The predicted octanol–water partition coefficient (Wildman–Crippen LogP) is 3.48. The molecule has 0 saturated heterocycles. The van der Waals surface area contributed by atoms with Crippen molar-refractivity contribution in [3.8, 4) is 0 Å². The molecular formula is C9H5ClF5NO2. The van der Waals surface area contributed by atoms with Crippen molar-refractivity contribution in [1.82, 2.24) is 4.98 Å².